The minimum Gasteiger partial charge on any atom is -0.481 e. The highest BCUT2D eigenvalue weighted by Gasteiger charge is 2.17. The van der Waals surface area contributed by atoms with Crippen LogP contribution in [0.1, 0.15) is 5.56 Å². The first-order valence-corrected chi connectivity index (χ1v) is 10.6. The summed E-state index contributed by atoms with van der Waals surface area (Å²) in [6.45, 7) is 0.561. The molecule has 2 heterocycles. The van der Waals surface area contributed by atoms with Crippen LogP contribution in [-0.4, -0.2) is 34.0 Å². The molecule has 0 saturated carbocycles. The van der Waals surface area contributed by atoms with Crippen LogP contribution in [0.3, 0.4) is 0 Å². The molecule has 142 valence electrons. The average molecular weight is 483 g/mol. The number of nitrogens with one attached hydrogen (secondary N) is 2. The quantitative estimate of drug-likeness (QED) is 0.314. The van der Waals surface area contributed by atoms with Crippen molar-refractivity contribution >= 4 is 50.3 Å². The maximum atomic E-state index is 11.7. The highest BCUT2D eigenvalue weighted by molar-refractivity contribution is 14.1. The van der Waals surface area contributed by atoms with Gasteiger partial charge >= 0.3 is 0 Å². The number of amides is 1. The van der Waals surface area contributed by atoms with E-state index in [1.807, 2.05) is 18.2 Å². The number of benzene rings is 2. The van der Waals surface area contributed by atoms with Crippen LogP contribution in [0.15, 0.2) is 54.6 Å². The molecule has 0 spiro atoms. The number of alkyl halides is 1. The predicted octanol–water partition coefficient (Wildman–Crippen LogP) is 4.49. The zero-order valence-corrected chi connectivity index (χ0v) is 17.6. The number of pyridine rings is 1. The molecule has 6 heteroatoms. The molecule has 2 N–H and O–H groups in total. The van der Waals surface area contributed by atoms with Gasteiger partial charge in [-0.25, -0.2) is 4.98 Å². The number of halogens is 1. The van der Waals surface area contributed by atoms with E-state index in [9.17, 15) is 4.79 Å². The third-order valence-corrected chi connectivity index (χ3v) is 5.50. The monoisotopic (exact) mass is 483 g/mol. The fraction of sp³-hybridized carbons (Fsp3) is 0.182. The third kappa shape index (κ3) is 3.56. The lowest BCUT2D eigenvalue weighted by molar-refractivity contribution is -0.118. The van der Waals surface area contributed by atoms with Crippen molar-refractivity contribution < 1.29 is 9.53 Å². The van der Waals surface area contributed by atoms with Crippen LogP contribution in [0, 0.1) is 0 Å². The molecule has 2 aromatic carbocycles. The van der Waals surface area contributed by atoms with E-state index in [0.29, 0.717) is 23.3 Å². The zero-order chi connectivity index (χ0) is 19.5. The molecular formula is C22H20IN3O2. The molecule has 0 unspecified atom stereocenters. The molecule has 0 aliphatic rings. The van der Waals surface area contributed by atoms with Gasteiger partial charge in [0.05, 0.1) is 28.3 Å². The van der Waals surface area contributed by atoms with E-state index in [2.05, 4.69) is 74.3 Å². The number of fused-ring (bicyclic) bond motifs is 2. The van der Waals surface area contributed by atoms with E-state index in [1.165, 1.54) is 10.8 Å². The van der Waals surface area contributed by atoms with Gasteiger partial charge in [-0.15, -0.1) is 0 Å². The van der Waals surface area contributed by atoms with Crippen molar-refractivity contribution in [1.82, 2.24) is 15.3 Å². The van der Waals surface area contributed by atoms with Gasteiger partial charge in [0.1, 0.15) is 0 Å². The lowest BCUT2D eigenvalue weighted by atomic mass is 9.98. The number of carbonyl (C=O) groups is 1. The van der Waals surface area contributed by atoms with Gasteiger partial charge in [-0.2, -0.15) is 0 Å². The first kappa shape index (κ1) is 18.7. The minimum absolute atomic E-state index is 0.0395. The van der Waals surface area contributed by atoms with Gasteiger partial charge < -0.3 is 15.0 Å². The summed E-state index contributed by atoms with van der Waals surface area (Å²) < 4.78 is 5.78. The molecule has 0 radical (unpaired) electrons. The zero-order valence-electron chi connectivity index (χ0n) is 15.5. The van der Waals surface area contributed by atoms with E-state index in [4.69, 9.17) is 4.74 Å². The summed E-state index contributed by atoms with van der Waals surface area (Å²) in [5.41, 5.74) is 5.09. The maximum Gasteiger partial charge on any atom is 0.229 e. The Morgan fingerprint density at radius 2 is 1.96 bits per heavy atom. The van der Waals surface area contributed by atoms with Gasteiger partial charge in [0.15, 0.2) is 0 Å². The summed E-state index contributed by atoms with van der Waals surface area (Å²) in [7, 11) is 1.62. The van der Waals surface area contributed by atoms with Crippen LogP contribution in [0.5, 0.6) is 5.88 Å². The molecule has 0 fully saturated rings. The van der Waals surface area contributed by atoms with E-state index < -0.39 is 0 Å². The lowest BCUT2D eigenvalue weighted by Gasteiger charge is -2.09. The van der Waals surface area contributed by atoms with Crippen molar-refractivity contribution in [1.29, 1.82) is 0 Å². The largest absolute Gasteiger partial charge is 0.481 e. The van der Waals surface area contributed by atoms with Gasteiger partial charge in [-0.3, -0.25) is 4.79 Å². The Hall–Kier alpha value is -2.61. The van der Waals surface area contributed by atoms with Crippen molar-refractivity contribution in [3.63, 3.8) is 0 Å². The first-order valence-electron chi connectivity index (χ1n) is 9.07. The summed E-state index contributed by atoms with van der Waals surface area (Å²) in [5, 5.41) is 5.33. The summed E-state index contributed by atoms with van der Waals surface area (Å²) >= 11 is 2.07. The fourth-order valence-corrected chi connectivity index (χ4v) is 3.77. The minimum atomic E-state index is 0.0395. The SMILES string of the molecule is COc1ccc2[nH]c(-c3cccc4ccccc34)c(CCNC(=O)C[125I])c2n1. The highest BCUT2D eigenvalue weighted by atomic mass is 125. The van der Waals surface area contributed by atoms with Crippen molar-refractivity contribution in [2.75, 3.05) is 18.1 Å². The van der Waals surface area contributed by atoms with Gasteiger partial charge in [-0.1, -0.05) is 65.1 Å². The number of ether oxygens (including phenoxy) is 1. The number of hydrogen-bond donors (Lipinski definition) is 2. The lowest BCUT2D eigenvalue weighted by Crippen LogP contribution is -2.26. The van der Waals surface area contributed by atoms with Crippen LogP contribution in [-0.2, 0) is 11.2 Å². The van der Waals surface area contributed by atoms with Crippen molar-refractivity contribution in [2.45, 2.75) is 6.42 Å². The first-order chi connectivity index (χ1) is 13.7. The molecule has 4 aromatic rings. The van der Waals surface area contributed by atoms with Crippen molar-refractivity contribution in [3.05, 3.63) is 60.2 Å². The van der Waals surface area contributed by atoms with Crippen LogP contribution in [0.25, 0.3) is 33.1 Å². The summed E-state index contributed by atoms with van der Waals surface area (Å²) in [6, 6.07) is 18.5. The number of nitrogens with zero attached hydrogens (tertiary/aromatic N) is 1. The summed E-state index contributed by atoms with van der Waals surface area (Å²) in [4.78, 5) is 19.9. The Morgan fingerprint density at radius 3 is 2.79 bits per heavy atom. The average Bonchev–Trinajstić information content (AvgIpc) is 3.10. The number of aromatic nitrogens is 2. The van der Waals surface area contributed by atoms with E-state index in [0.717, 1.165) is 27.9 Å². The molecular weight excluding hydrogens is 463 g/mol. The van der Waals surface area contributed by atoms with E-state index in [-0.39, 0.29) is 5.91 Å². The van der Waals surface area contributed by atoms with Crippen LogP contribution >= 0.6 is 22.6 Å². The predicted molar refractivity (Wildman–Crippen MR) is 121 cm³/mol. The second-order valence-corrected chi connectivity index (χ2v) is 7.25. The molecule has 28 heavy (non-hydrogen) atoms. The Labute approximate surface area is 176 Å². The number of aromatic amines is 1. The van der Waals surface area contributed by atoms with E-state index >= 15 is 0 Å². The molecule has 0 aliphatic carbocycles. The normalized spacial score (nSPS) is 11.1. The fourth-order valence-electron chi connectivity index (χ4n) is 3.51. The smallest absolute Gasteiger partial charge is 0.229 e. The topological polar surface area (TPSA) is 67.0 Å². The molecule has 0 aliphatic heterocycles. The van der Waals surface area contributed by atoms with Crippen LogP contribution < -0.4 is 10.1 Å². The molecule has 2 aromatic heterocycles. The summed E-state index contributed by atoms with van der Waals surface area (Å²) in [6.07, 6.45) is 0.682. The third-order valence-electron chi connectivity index (χ3n) is 4.80. The number of carbonyl (C=O) groups excluding carboxylic acids is 1. The molecule has 1 amide bonds. The number of H-pyrrole nitrogens is 1. The molecule has 0 saturated heterocycles. The maximum absolute atomic E-state index is 11.7. The number of hydrogen-bond acceptors (Lipinski definition) is 3. The molecule has 4 rings (SSSR count). The standard InChI is InChI=1S/C22H20IN3O2/c1-28-20-10-9-18-22(26-20)17(11-12-24-19(27)13-23)21(25-18)16-8-4-6-14-5-2-3-7-15(14)16/h2-10,25H,11-13H2,1H3,(H,24,27)/i23-2. The van der Waals surface area contributed by atoms with Gasteiger partial charge in [0.2, 0.25) is 11.8 Å². The molecule has 5 nitrogen and oxygen atoms in total. The van der Waals surface area contributed by atoms with Crippen molar-refractivity contribution in [2.24, 2.45) is 0 Å². The van der Waals surface area contributed by atoms with Crippen molar-refractivity contribution in [3.8, 4) is 17.1 Å². The highest BCUT2D eigenvalue weighted by Crippen LogP contribution is 2.34. The van der Waals surface area contributed by atoms with Gasteiger partial charge in [-0.05, 0) is 23.3 Å². The Balaban J connectivity index is 1.86. The van der Waals surface area contributed by atoms with Gasteiger partial charge in [0, 0.05) is 23.7 Å². The van der Waals surface area contributed by atoms with Gasteiger partial charge in [0.25, 0.3) is 0 Å². The number of methoxy groups -OCH3 is 1. The second-order valence-electron chi connectivity index (χ2n) is 6.49. The van der Waals surface area contributed by atoms with Crippen LogP contribution in [0.2, 0.25) is 0 Å². The Kier molecular flexibility index (Phi) is 5.47. The Bertz CT molecular complexity index is 1150. The summed E-state index contributed by atoms with van der Waals surface area (Å²) in [5.74, 6) is 0.617. The Morgan fingerprint density at radius 1 is 1.14 bits per heavy atom. The molecule has 0 bridgehead atoms. The number of rotatable bonds is 6. The molecule has 0 atom stereocenters. The van der Waals surface area contributed by atoms with E-state index in [1.54, 1.807) is 7.11 Å². The van der Waals surface area contributed by atoms with Crippen LogP contribution in [0.4, 0.5) is 0 Å². The second kappa shape index (κ2) is 8.18.